The van der Waals surface area contributed by atoms with Gasteiger partial charge in [-0.15, -0.1) is 0 Å². The van der Waals surface area contributed by atoms with Crippen molar-refractivity contribution in [2.24, 2.45) is 7.05 Å². The molecule has 1 N–H and O–H groups in total. The van der Waals surface area contributed by atoms with Gasteiger partial charge in [-0.2, -0.15) is 4.57 Å². The van der Waals surface area contributed by atoms with Crippen LogP contribution in [-0.4, -0.2) is 7.05 Å². The topological polar surface area (TPSA) is 8.32 Å². The molecule has 0 amide bonds. The van der Waals surface area contributed by atoms with Crippen LogP contribution in [0.5, 0.6) is 0 Å². The van der Waals surface area contributed by atoms with Gasteiger partial charge in [0.15, 0.2) is 5.69 Å². The van der Waals surface area contributed by atoms with Crippen molar-refractivity contribution in [2.45, 2.75) is 13.8 Å². The molecule has 2 heterocycles. The van der Waals surface area contributed by atoms with Crippen LogP contribution in [0.4, 0.5) is 11.4 Å². The van der Waals surface area contributed by atoms with Crippen LogP contribution >= 0.6 is 0 Å². The SMILES string of the molecule is Cc1ccc2c(c1)-c1cccc3c1c(c1cc(C)ccc1[n+]3C)[NH+]2C. The van der Waals surface area contributed by atoms with Crippen LogP contribution in [0.25, 0.3) is 32.9 Å². The van der Waals surface area contributed by atoms with Crippen LogP contribution in [-0.2, 0) is 7.05 Å². The Morgan fingerprint density at radius 1 is 0.800 bits per heavy atom. The molecule has 2 heteroatoms. The second-order valence-electron chi connectivity index (χ2n) is 7.33. The molecule has 1 aliphatic rings. The zero-order chi connectivity index (χ0) is 17.3. The smallest absolute Gasteiger partial charge is 0.219 e. The normalized spacial score (nSPS) is 15.6. The van der Waals surface area contributed by atoms with Crippen LogP contribution in [0.1, 0.15) is 11.1 Å². The van der Waals surface area contributed by atoms with Gasteiger partial charge in [-0.25, -0.2) is 0 Å². The Morgan fingerprint density at radius 2 is 1.56 bits per heavy atom. The van der Waals surface area contributed by atoms with Crippen molar-refractivity contribution in [3.05, 3.63) is 65.7 Å². The fourth-order valence-corrected chi connectivity index (χ4v) is 4.45. The molecule has 1 unspecified atom stereocenters. The van der Waals surface area contributed by atoms with Gasteiger partial charge in [0.25, 0.3) is 0 Å². The largest absolute Gasteiger partial charge is 0.271 e. The van der Waals surface area contributed by atoms with E-state index in [9.17, 15) is 0 Å². The van der Waals surface area contributed by atoms with Crippen molar-refractivity contribution in [3.63, 3.8) is 0 Å². The summed E-state index contributed by atoms with van der Waals surface area (Å²) in [6.45, 7) is 4.35. The maximum Gasteiger partial charge on any atom is 0.219 e. The van der Waals surface area contributed by atoms with E-state index in [1.54, 1.807) is 0 Å². The van der Waals surface area contributed by atoms with E-state index in [0.29, 0.717) is 0 Å². The Hall–Kier alpha value is -2.71. The maximum absolute atomic E-state index is 2.34. The molecule has 2 nitrogen and oxygen atoms in total. The maximum atomic E-state index is 2.34. The van der Waals surface area contributed by atoms with Crippen molar-refractivity contribution in [1.29, 1.82) is 0 Å². The predicted octanol–water partition coefficient (Wildman–Crippen LogP) is 3.89. The first-order valence-corrected chi connectivity index (χ1v) is 8.86. The third-order valence-corrected chi connectivity index (χ3v) is 5.68. The Bertz CT molecular complexity index is 1190. The lowest BCUT2D eigenvalue weighted by Crippen LogP contribution is -2.99. The number of pyridine rings is 1. The Labute approximate surface area is 147 Å². The molecule has 0 radical (unpaired) electrons. The van der Waals surface area contributed by atoms with Gasteiger partial charge in [-0.3, -0.25) is 4.90 Å². The lowest BCUT2D eigenvalue weighted by atomic mass is 9.90. The zero-order valence-corrected chi connectivity index (χ0v) is 15.1. The van der Waals surface area contributed by atoms with E-state index in [2.05, 4.69) is 87.1 Å². The van der Waals surface area contributed by atoms with Gasteiger partial charge in [0.2, 0.25) is 11.0 Å². The minimum Gasteiger partial charge on any atom is -0.271 e. The van der Waals surface area contributed by atoms with Crippen LogP contribution < -0.4 is 9.47 Å². The molecule has 1 aliphatic heterocycles. The number of hydrogen-bond donors (Lipinski definition) is 1. The third-order valence-electron chi connectivity index (χ3n) is 5.68. The Kier molecular flexibility index (Phi) is 2.87. The summed E-state index contributed by atoms with van der Waals surface area (Å²) < 4.78 is 2.34. The Morgan fingerprint density at radius 3 is 2.40 bits per heavy atom. The van der Waals surface area contributed by atoms with Crippen LogP contribution in [0.2, 0.25) is 0 Å². The minimum absolute atomic E-state index is 1.29. The standard InChI is InChI=1S/C23H21N2/c1-14-8-10-19-17(12-14)16-6-5-7-21-22(16)23(25(19)4)18-13-15(2)9-11-20(18)24(21)3/h5-13H,1-4H3/q+1/p+1. The molecule has 0 bridgehead atoms. The minimum atomic E-state index is 1.29. The number of benzene rings is 3. The highest BCUT2D eigenvalue weighted by molar-refractivity contribution is 6.11. The number of fused-ring (bicyclic) bond motifs is 4. The van der Waals surface area contributed by atoms with E-state index >= 15 is 0 Å². The highest BCUT2D eigenvalue weighted by atomic mass is 15.1. The van der Waals surface area contributed by atoms with Gasteiger partial charge >= 0.3 is 0 Å². The molecular weight excluding hydrogens is 304 g/mol. The fourth-order valence-electron chi connectivity index (χ4n) is 4.45. The molecular formula is C23H22N2+2. The van der Waals surface area contributed by atoms with Gasteiger partial charge in [-0.05, 0) is 31.5 Å². The van der Waals surface area contributed by atoms with E-state index in [1.807, 2.05) is 0 Å². The van der Waals surface area contributed by atoms with Crippen molar-refractivity contribution < 1.29 is 9.47 Å². The van der Waals surface area contributed by atoms with Crippen molar-refractivity contribution >= 4 is 33.2 Å². The first kappa shape index (κ1) is 14.6. The van der Waals surface area contributed by atoms with E-state index in [0.717, 1.165) is 0 Å². The molecule has 0 spiro atoms. The highest BCUT2D eigenvalue weighted by Crippen LogP contribution is 2.41. The lowest BCUT2D eigenvalue weighted by Gasteiger charge is -2.25. The van der Waals surface area contributed by atoms with Crippen molar-refractivity contribution in [1.82, 2.24) is 0 Å². The van der Waals surface area contributed by atoms with Gasteiger partial charge in [0.1, 0.15) is 23.5 Å². The number of nitrogens with one attached hydrogen (secondary N) is 1. The fraction of sp³-hybridized carbons (Fsp3) is 0.174. The first-order chi connectivity index (χ1) is 12.1. The Balaban J connectivity index is 2.08. The second kappa shape index (κ2) is 4.90. The number of hydrogen-bond acceptors (Lipinski definition) is 0. The molecule has 3 aromatic carbocycles. The van der Waals surface area contributed by atoms with Gasteiger partial charge in [0, 0.05) is 29.3 Å². The molecule has 0 fully saturated rings. The predicted molar refractivity (Wildman–Crippen MR) is 104 cm³/mol. The summed E-state index contributed by atoms with van der Waals surface area (Å²) in [5.74, 6) is 0. The summed E-state index contributed by atoms with van der Waals surface area (Å²) >= 11 is 0. The summed E-state index contributed by atoms with van der Waals surface area (Å²) in [7, 11) is 4.46. The zero-order valence-electron chi connectivity index (χ0n) is 15.1. The highest BCUT2D eigenvalue weighted by Gasteiger charge is 2.33. The van der Waals surface area contributed by atoms with Gasteiger partial charge < -0.3 is 0 Å². The quantitative estimate of drug-likeness (QED) is 0.371. The second-order valence-corrected chi connectivity index (χ2v) is 7.33. The molecule has 0 saturated heterocycles. The summed E-state index contributed by atoms with van der Waals surface area (Å²) in [4.78, 5) is 1.38. The van der Waals surface area contributed by atoms with Gasteiger partial charge in [0.05, 0.1) is 7.05 Å². The molecule has 4 aromatic rings. The molecule has 0 aliphatic carbocycles. The summed E-state index contributed by atoms with van der Waals surface area (Å²) in [6, 6.07) is 20.4. The molecule has 1 atom stereocenters. The third kappa shape index (κ3) is 1.86. The monoisotopic (exact) mass is 326 g/mol. The van der Waals surface area contributed by atoms with Crippen LogP contribution in [0, 0.1) is 13.8 Å². The average Bonchev–Trinajstić information content (AvgIpc) is 2.60. The van der Waals surface area contributed by atoms with Crippen LogP contribution in [0.15, 0.2) is 54.6 Å². The molecule has 122 valence electrons. The van der Waals surface area contributed by atoms with Crippen molar-refractivity contribution in [3.8, 4) is 11.1 Å². The molecule has 5 rings (SSSR count). The van der Waals surface area contributed by atoms with E-state index in [1.165, 1.54) is 60.3 Å². The molecule has 1 aromatic heterocycles. The first-order valence-electron chi connectivity index (χ1n) is 8.86. The summed E-state index contributed by atoms with van der Waals surface area (Å²) in [6.07, 6.45) is 0. The van der Waals surface area contributed by atoms with Crippen LogP contribution in [0.3, 0.4) is 0 Å². The number of aryl methyl sites for hydroxylation is 3. The van der Waals surface area contributed by atoms with Gasteiger partial charge in [-0.1, -0.05) is 29.8 Å². The number of quaternary nitrogens is 1. The number of nitrogens with zero attached hydrogens (tertiary/aromatic N) is 1. The summed E-state index contributed by atoms with van der Waals surface area (Å²) in [5, 5.41) is 2.74. The lowest BCUT2D eigenvalue weighted by molar-refractivity contribution is -0.733. The van der Waals surface area contributed by atoms with E-state index < -0.39 is 0 Å². The number of aromatic nitrogens is 1. The van der Waals surface area contributed by atoms with Crippen molar-refractivity contribution in [2.75, 3.05) is 7.05 Å². The average molecular weight is 326 g/mol. The van der Waals surface area contributed by atoms with E-state index in [4.69, 9.17) is 0 Å². The summed E-state index contributed by atoms with van der Waals surface area (Å²) in [5.41, 5.74) is 10.7. The van der Waals surface area contributed by atoms with E-state index in [-0.39, 0.29) is 0 Å². The molecule has 0 saturated carbocycles. The number of rotatable bonds is 0. The molecule has 25 heavy (non-hydrogen) atoms.